The highest BCUT2D eigenvalue weighted by Gasteiger charge is 2.03. The smallest absolute Gasteiger partial charge is 0.133 e. The van der Waals surface area contributed by atoms with Gasteiger partial charge in [-0.25, -0.2) is 0 Å². The van der Waals surface area contributed by atoms with Crippen LogP contribution in [-0.2, 0) is 4.79 Å². The minimum absolute atomic E-state index is 0.247. The third kappa shape index (κ3) is 9.63. The monoisotopic (exact) mass is 214 g/mol. The number of allylic oxidation sites excluding steroid dienone is 1. The van der Waals surface area contributed by atoms with Crippen molar-refractivity contribution in [2.24, 2.45) is 5.92 Å². The summed E-state index contributed by atoms with van der Waals surface area (Å²) >= 11 is 0. The molecule has 0 unspecified atom stereocenters. The fraction of sp³-hybridized carbons (Fsp3) is 0.750. The summed E-state index contributed by atoms with van der Waals surface area (Å²) in [6.45, 7) is 3.83. The summed E-state index contributed by atoms with van der Waals surface area (Å²) in [7, 11) is 0. The Morgan fingerprint density at radius 3 is 2.60 bits per heavy atom. The number of carbonyl (C=O) groups is 1. The van der Waals surface area contributed by atoms with Gasteiger partial charge in [-0.05, 0) is 18.8 Å². The number of hydrogen-bond acceptors (Lipinski definition) is 3. The third-order valence-electron chi connectivity index (χ3n) is 2.01. The standard InChI is InChI=1S/C12H22O3/c1-10(2)8-11(14)6-4-3-5-7-12(15)9-13/h5,7,10,12-13,15H,3-4,6,8-9H2,1-2H3/b7-5-/t12-/m1/s1. The van der Waals surface area contributed by atoms with Gasteiger partial charge in [0.2, 0.25) is 0 Å². The summed E-state index contributed by atoms with van der Waals surface area (Å²) in [6.07, 6.45) is 5.47. The number of unbranched alkanes of at least 4 members (excludes halogenated alkanes) is 1. The molecule has 0 aliphatic carbocycles. The lowest BCUT2D eigenvalue weighted by Crippen LogP contribution is -2.07. The van der Waals surface area contributed by atoms with Crippen molar-refractivity contribution in [3.63, 3.8) is 0 Å². The van der Waals surface area contributed by atoms with Crippen molar-refractivity contribution in [2.45, 2.75) is 45.6 Å². The molecule has 15 heavy (non-hydrogen) atoms. The lowest BCUT2D eigenvalue weighted by Gasteiger charge is -2.02. The number of rotatable bonds is 8. The molecule has 0 aromatic heterocycles. The molecule has 0 spiro atoms. The van der Waals surface area contributed by atoms with Crippen molar-refractivity contribution in [3.05, 3.63) is 12.2 Å². The molecule has 0 fully saturated rings. The van der Waals surface area contributed by atoms with Crippen molar-refractivity contribution >= 4 is 5.78 Å². The summed E-state index contributed by atoms with van der Waals surface area (Å²) in [5.74, 6) is 0.741. The van der Waals surface area contributed by atoms with Crippen molar-refractivity contribution in [1.82, 2.24) is 0 Å². The molecule has 88 valence electrons. The number of ketones is 1. The van der Waals surface area contributed by atoms with E-state index < -0.39 is 6.10 Å². The molecule has 0 aliphatic heterocycles. The van der Waals surface area contributed by atoms with Gasteiger partial charge in [0, 0.05) is 12.8 Å². The molecule has 0 bridgehead atoms. The molecule has 0 aromatic carbocycles. The van der Waals surface area contributed by atoms with Gasteiger partial charge in [-0.3, -0.25) is 4.79 Å². The van der Waals surface area contributed by atoms with E-state index >= 15 is 0 Å². The lowest BCUT2D eigenvalue weighted by atomic mass is 10.0. The van der Waals surface area contributed by atoms with Crippen LogP contribution in [0.2, 0.25) is 0 Å². The molecule has 0 rings (SSSR count). The van der Waals surface area contributed by atoms with Gasteiger partial charge in [0.05, 0.1) is 12.7 Å². The van der Waals surface area contributed by atoms with Gasteiger partial charge >= 0.3 is 0 Å². The summed E-state index contributed by atoms with van der Waals surface area (Å²) in [4.78, 5) is 11.3. The number of carbonyl (C=O) groups excluding carboxylic acids is 1. The Bertz CT molecular complexity index is 197. The van der Waals surface area contributed by atoms with Crippen LogP contribution in [0, 0.1) is 5.92 Å². The fourth-order valence-electron chi connectivity index (χ4n) is 1.29. The molecule has 2 N–H and O–H groups in total. The van der Waals surface area contributed by atoms with E-state index in [1.165, 1.54) is 0 Å². The van der Waals surface area contributed by atoms with Crippen molar-refractivity contribution in [3.8, 4) is 0 Å². The van der Waals surface area contributed by atoms with Gasteiger partial charge in [0.15, 0.2) is 0 Å². The minimum Gasteiger partial charge on any atom is -0.393 e. The SMILES string of the molecule is CC(C)CC(=O)CCC/C=C\[C@@H](O)CO. The predicted octanol–water partition coefficient (Wildman–Crippen LogP) is 1.68. The second-order valence-electron chi connectivity index (χ2n) is 4.21. The van der Waals surface area contributed by atoms with Crippen LogP contribution >= 0.6 is 0 Å². The van der Waals surface area contributed by atoms with Gasteiger partial charge < -0.3 is 10.2 Å². The molecule has 0 amide bonds. The number of hydrogen-bond donors (Lipinski definition) is 2. The van der Waals surface area contributed by atoms with Crippen LogP contribution in [0.15, 0.2) is 12.2 Å². The van der Waals surface area contributed by atoms with Gasteiger partial charge in [-0.2, -0.15) is 0 Å². The Morgan fingerprint density at radius 1 is 1.40 bits per heavy atom. The predicted molar refractivity (Wildman–Crippen MR) is 60.5 cm³/mol. The summed E-state index contributed by atoms with van der Waals surface area (Å²) in [5.41, 5.74) is 0. The maximum Gasteiger partial charge on any atom is 0.133 e. The highest BCUT2D eigenvalue weighted by molar-refractivity contribution is 5.78. The Morgan fingerprint density at radius 2 is 2.07 bits per heavy atom. The molecule has 0 saturated heterocycles. The maximum atomic E-state index is 11.3. The Hall–Kier alpha value is -0.670. The topological polar surface area (TPSA) is 57.5 Å². The van der Waals surface area contributed by atoms with Crippen LogP contribution in [0.1, 0.15) is 39.5 Å². The van der Waals surface area contributed by atoms with Crippen LogP contribution < -0.4 is 0 Å². The molecule has 1 atom stereocenters. The zero-order valence-corrected chi connectivity index (χ0v) is 9.65. The molecule has 0 aromatic rings. The highest BCUT2D eigenvalue weighted by atomic mass is 16.3. The first-order chi connectivity index (χ1) is 7.06. The van der Waals surface area contributed by atoms with Crippen LogP contribution in [0.3, 0.4) is 0 Å². The van der Waals surface area contributed by atoms with Gasteiger partial charge in [-0.15, -0.1) is 0 Å². The van der Waals surface area contributed by atoms with E-state index in [4.69, 9.17) is 10.2 Å². The normalized spacial score (nSPS) is 13.7. The third-order valence-corrected chi connectivity index (χ3v) is 2.01. The van der Waals surface area contributed by atoms with E-state index in [0.29, 0.717) is 24.5 Å². The second-order valence-corrected chi connectivity index (χ2v) is 4.21. The van der Waals surface area contributed by atoms with E-state index in [-0.39, 0.29) is 6.61 Å². The summed E-state index contributed by atoms with van der Waals surface area (Å²) in [5, 5.41) is 17.5. The van der Waals surface area contributed by atoms with Gasteiger partial charge in [0.25, 0.3) is 0 Å². The van der Waals surface area contributed by atoms with Crippen molar-refractivity contribution < 1.29 is 15.0 Å². The first-order valence-corrected chi connectivity index (χ1v) is 5.53. The van der Waals surface area contributed by atoms with Crippen molar-refractivity contribution in [1.29, 1.82) is 0 Å². The highest BCUT2D eigenvalue weighted by Crippen LogP contribution is 2.06. The number of Topliss-reactive ketones (excluding diaryl/α,β-unsaturated/α-hetero) is 1. The maximum absolute atomic E-state index is 11.3. The van der Waals surface area contributed by atoms with Crippen LogP contribution in [-0.4, -0.2) is 28.7 Å². The molecular weight excluding hydrogens is 192 g/mol. The quantitative estimate of drug-likeness (QED) is 0.477. The molecule has 0 saturated carbocycles. The minimum atomic E-state index is -0.767. The molecule has 0 radical (unpaired) electrons. The van der Waals surface area contributed by atoms with E-state index in [1.807, 2.05) is 19.9 Å². The summed E-state index contributed by atoms with van der Waals surface area (Å²) < 4.78 is 0. The van der Waals surface area contributed by atoms with E-state index in [1.54, 1.807) is 6.08 Å². The Labute approximate surface area is 91.8 Å². The van der Waals surface area contributed by atoms with E-state index in [0.717, 1.165) is 12.8 Å². The Kier molecular flexibility index (Phi) is 8.24. The molecule has 3 heteroatoms. The fourth-order valence-corrected chi connectivity index (χ4v) is 1.29. The van der Waals surface area contributed by atoms with Crippen LogP contribution in [0.25, 0.3) is 0 Å². The van der Waals surface area contributed by atoms with E-state index in [2.05, 4.69) is 0 Å². The van der Waals surface area contributed by atoms with Crippen LogP contribution in [0.4, 0.5) is 0 Å². The van der Waals surface area contributed by atoms with Crippen LogP contribution in [0.5, 0.6) is 0 Å². The van der Waals surface area contributed by atoms with Gasteiger partial charge in [-0.1, -0.05) is 26.0 Å². The Balaban J connectivity index is 3.46. The average Bonchev–Trinajstić information content (AvgIpc) is 2.15. The molecule has 0 heterocycles. The van der Waals surface area contributed by atoms with E-state index in [9.17, 15) is 4.79 Å². The zero-order valence-electron chi connectivity index (χ0n) is 9.65. The zero-order chi connectivity index (χ0) is 11.7. The number of aliphatic hydroxyl groups is 2. The molecular formula is C12H22O3. The molecule has 0 aliphatic rings. The second kappa shape index (κ2) is 8.62. The first kappa shape index (κ1) is 14.3. The average molecular weight is 214 g/mol. The lowest BCUT2D eigenvalue weighted by molar-refractivity contribution is -0.119. The van der Waals surface area contributed by atoms with Gasteiger partial charge in [0.1, 0.15) is 5.78 Å². The largest absolute Gasteiger partial charge is 0.393 e. The number of aliphatic hydroxyl groups excluding tert-OH is 2. The molecule has 3 nitrogen and oxygen atoms in total. The summed E-state index contributed by atoms with van der Waals surface area (Å²) in [6, 6.07) is 0. The van der Waals surface area contributed by atoms with Crippen molar-refractivity contribution in [2.75, 3.05) is 6.61 Å². The first-order valence-electron chi connectivity index (χ1n) is 5.53.